The van der Waals surface area contributed by atoms with Crippen LogP contribution in [0.5, 0.6) is 0 Å². The Kier molecular flexibility index (Phi) is 12.4. The van der Waals surface area contributed by atoms with Crippen LogP contribution in [0.25, 0.3) is 0 Å². The topological polar surface area (TPSA) is 52.6 Å². The van der Waals surface area contributed by atoms with Crippen LogP contribution in [-0.2, 0) is 19.1 Å². The predicted octanol–water partition coefficient (Wildman–Crippen LogP) is 4.82. The molecule has 4 nitrogen and oxygen atoms in total. The number of carbonyl (C=O) groups is 2. The van der Waals surface area contributed by atoms with Gasteiger partial charge in [-0.05, 0) is 31.6 Å². The fraction of sp³-hybridized carbons (Fsp3) is 0.789. The molecule has 0 amide bonds. The van der Waals surface area contributed by atoms with Gasteiger partial charge < -0.3 is 9.47 Å². The molecule has 0 aliphatic rings. The van der Waals surface area contributed by atoms with E-state index >= 15 is 0 Å². The van der Waals surface area contributed by atoms with Crippen molar-refractivity contribution in [2.45, 2.75) is 79.6 Å². The van der Waals surface area contributed by atoms with Crippen molar-refractivity contribution in [3.63, 3.8) is 0 Å². The number of hydrogen-bond acceptors (Lipinski definition) is 4. The Morgan fingerprint density at radius 1 is 0.783 bits per heavy atom. The first kappa shape index (κ1) is 21.7. The maximum Gasteiger partial charge on any atom is 0.334 e. The summed E-state index contributed by atoms with van der Waals surface area (Å²) < 4.78 is 10.6. The molecule has 0 N–H and O–H groups in total. The zero-order valence-corrected chi connectivity index (χ0v) is 15.6. The average Bonchev–Trinajstić information content (AvgIpc) is 2.52. The molecule has 0 aromatic rings. The van der Waals surface area contributed by atoms with Gasteiger partial charge in [-0.2, -0.15) is 0 Å². The van der Waals surface area contributed by atoms with Crippen molar-refractivity contribution in [3.8, 4) is 0 Å². The van der Waals surface area contributed by atoms with Gasteiger partial charge in [0.15, 0.2) is 0 Å². The van der Waals surface area contributed by atoms with Crippen LogP contribution < -0.4 is 0 Å². The minimum Gasteiger partial charge on any atom is -0.462 e. The Bertz CT molecular complexity index is 383. The van der Waals surface area contributed by atoms with Gasteiger partial charge in [0.05, 0.1) is 18.8 Å². The van der Waals surface area contributed by atoms with Gasteiger partial charge in [0.1, 0.15) is 0 Å². The van der Waals surface area contributed by atoms with Crippen LogP contribution in [0.15, 0.2) is 11.1 Å². The molecule has 0 unspecified atom stereocenters. The van der Waals surface area contributed by atoms with Crippen LogP contribution in [0.2, 0.25) is 0 Å². The molecule has 0 bridgehead atoms. The lowest BCUT2D eigenvalue weighted by Crippen LogP contribution is -2.20. The highest BCUT2D eigenvalue weighted by atomic mass is 16.5. The number of ether oxygens (including phenoxy) is 2. The van der Waals surface area contributed by atoms with Crippen LogP contribution in [-0.4, -0.2) is 25.2 Å². The monoisotopic (exact) mass is 326 g/mol. The van der Waals surface area contributed by atoms with E-state index < -0.39 is 0 Å². The van der Waals surface area contributed by atoms with E-state index in [0.29, 0.717) is 30.8 Å². The van der Waals surface area contributed by atoms with Crippen molar-refractivity contribution in [3.05, 3.63) is 11.1 Å². The van der Waals surface area contributed by atoms with E-state index in [9.17, 15) is 9.59 Å². The Labute approximate surface area is 141 Å². The second kappa shape index (κ2) is 13.1. The van der Waals surface area contributed by atoms with Gasteiger partial charge in [-0.3, -0.25) is 0 Å². The Morgan fingerprint density at radius 2 is 1.35 bits per heavy atom. The lowest BCUT2D eigenvalue weighted by atomic mass is 9.93. The summed E-state index contributed by atoms with van der Waals surface area (Å²) in [4.78, 5) is 24.8. The molecule has 0 saturated carbocycles. The first-order chi connectivity index (χ1) is 11.0. The second-order valence-corrected chi connectivity index (χ2v) is 6.13. The molecule has 0 saturated heterocycles. The molecule has 0 heterocycles. The van der Waals surface area contributed by atoms with Gasteiger partial charge in [0, 0.05) is 5.57 Å². The van der Waals surface area contributed by atoms with E-state index in [2.05, 4.69) is 6.92 Å². The first-order valence-corrected chi connectivity index (χ1v) is 9.06. The Hall–Kier alpha value is -1.32. The van der Waals surface area contributed by atoms with Crippen LogP contribution in [0, 0.1) is 5.92 Å². The van der Waals surface area contributed by atoms with Gasteiger partial charge in [-0.25, -0.2) is 9.59 Å². The van der Waals surface area contributed by atoms with E-state index in [-0.39, 0.29) is 17.9 Å². The first-order valence-electron chi connectivity index (χ1n) is 9.06. The Morgan fingerprint density at radius 3 is 1.83 bits per heavy atom. The van der Waals surface area contributed by atoms with E-state index in [4.69, 9.17) is 9.47 Å². The minimum atomic E-state index is -0.374. The number of carbonyl (C=O) groups excluding carboxylic acids is 2. The summed E-state index contributed by atoms with van der Waals surface area (Å²) in [5.41, 5.74) is 0.988. The van der Waals surface area contributed by atoms with Crippen molar-refractivity contribution in [2.24, 2.45) is 5.92 Å². The summed E-state index contributed by atoms with van der Waals surface area (Å²) in [6.07, 6.45) is 6.33. The molecule has 0 radical (unpaired) electrons. The zero-order valence-electron chi connectivity index (χ0n) is 15.6. The molecule has 0 atom stereocenters. The van der Waals surface area contributed by atoms with Crippen LogP contribution in [0.3, 0.4) is 0 Å². The maximum absolute atomic E-state index is 12.4. The fourth-order valence-electron chi connectivity index (χ4n) is 2.34. The maximum atomic E-state index is 12.4. The van der Waals surface area contributed by atoms with E-state index in [1.807, 2.05) is 27.7 Å². The number of unbranched alkanes of at least 4 members (excludes halogenated alkanes) is 3. The van der Waals surface area contributed by atoms with E-state index in [1.165, 1.54) is 0 Å². The number of rotatable bonds is 12. The number of hydrogen-bond donors (Lipinski definition) is 0. The van der Waals surface area contributed by atoms with Crippen molar-refractivity contribution in [1.29, 1.82) is 0 Å². The van der Waals surface area contributed by atoms with Gasteiger partial charge in [-0.15, -0.1) is 0 Å². The summed E-state index contributed by atoms with van der Waals surface area (Å²) in [5.74, 6) is -0.795. The molecule has 0 fully saturated rings. The summed E-state index contributed by atoms with van der Waals surface area (Å²) in [7, 11) is 0. The van der Waals surface area contributed by atoms with Crippen molar-refractivity contribution < 1.29 is 19.1 Å². The summed E-state index contributed by atoms with van der Waals surface area (Å²) in [5, 5.41) is 0. The van der Waals surface area contributed by atoms with Crippen molar-refractivity contribution >= 4 is 11.9 Å². The molecule has 0 aliphatic heterocycles. The molecule has 0 spiro atoms. The van der Waals surface area contributed by atoms with Crippen molar-refractivity contribution in [1.82, 2.24) is 0 Å². The second-order valence-electron chi connectivity index (χ2n) is 6.13. The molecule has 134 valence electrons. The Balaban J connectivity index is 5.30. The van der Waals surface area contributed by atoms with E-state index in [1.54, 1.807) is 0 Å². The fourth-order valence-corrected chi connectivity index (χ4v) is 2.34. The molecule has 0 aliphatic carbocycles. The predicted molar refractivity (Wildman–Crippen MR) is 93.1 cm³/mol. The molecular weight excluding hydrogens is 292 g/mol. The molecular formula is C19H34O4. The quantitative estimate of drug-likeness (QED) is 0.293. The van der Waals surface area contributed by atoms with Gasteiger partial charge in [0.2, 0.25) is 0 Å². The van der Waals surface area contributed by atoms with Crippen LogP contribution >= 0.6 is 0 Å². The lowest BCUT2D eigenvalue weighted by molar-refractivity contribution is -0.143. The van der Waals surface area contributed by atoms with Gasteiger partial charge in [0.25, 0.3) is 0 Å². The molecule has 23 heavy (non-hydrogen) atoms. The summed E-state index contributed by atoms with van der Waals surface area (Å²) in [6, 6.07) is 0. The smallest absolute Gasteiger partial charge is 0.334 e. The normalized spacial score (nSPS) is 12.1. The standard InChI is InChI=1S/C19H34O4/c1-6-9-10-11-12-16(18(20)22-13-7-2)17(15(4)5)19(21)23-14-8-3/h15H,6-14H2,1-5H3. The summed E-state index contributed by atoms with van der Waals surface area (Å²) >= 11 is 0. The minimum absolute atomic E-state index is 0.0605. The lowest BCUT2D eigenvalue weighted by Gasteiger charge is -2.17. The van der Waals surface area contributed by atoms with Crippen LogP contribution in [0.4, 0.5) is 0 Å². The zero-order chi connectivity index (χ0) is 17.7. The highest BCUT2D eigenvalue weighted by Crippen LogP contribution is 2.23. The third-order valence-corrected chi connectivity index (χ3v) is 3.52. The third kappa shape index (κ3) is 8.77. The molecule has 4 heteroatoms. The van der Waals surface area contributed by atoms with Gasteiger partial charge >= 0.3 is 11.9 Å². The van der Waals surface area contributed by atoms with Gasteiger partial charge in [-0.1, -0.05) is 53.9 Å². The third-order valence-electron chi connectivity index (χ3n) is 3.52. The summed E-state index contributed by atoms with van der Waals surface area (Å²) in [6.45, 7) is 10.6. The molecule has 0 aromatic carbocycles. The number of esters is 2. The van der Waals surface area contributed by atoms with E-state index in [0.717, 1.165) is 38.5 Å². The average molecular weight is 326 g/mol. The highest BCUT2D eigenvalue weighted by Gasteiger charge is 2.25. The molecule has 0 rings (SSSR count). The largest absolute Gasteiger partial charge is 0.462 e. The molecule has 0 aromatic heterocycles. The van der Waals surface area contributed by atoms with Crippen LogP contribution in [0.1, 0.15) is 79.6 Å². The SMILES string of the molecule is CCCCCCC(C(=O)OCCC)=C(C(=O)OCCC)C(C)C. The highest BCUT2D eigenvalue weighted by molar-refractivity contribution is 6.00. The van der Waals surface area contributed by atoms with Crippen molar-refractivity contribution in [2.75, 3.05) is 13.2 Å².